The van der Waals surface area contributed by atoms with Crippen LogP contribution >= 0.6 is 0 Å². The number of rotatable bonds is 0. The van der Waals surface area contributed by atoms with Crippen LogP contribution in [0.1, 0.15) is 19.3 Å². The van der Waals surface area contributed by atoms with Crippen molar-refractivity contribution in [3.8, 4) is 0 Å². The van der Waals surface area contributed by atoms with E-state index in [4.69, 9.17) is 4.74 Å². The Labute approximate surface area is 127 Å². The average molecular weight is 326 g/mol. The van der Waals surface area contributed by atoms with Gasteiger partial charge in [-0.2, -0.15) is 0 Å². The second-order valence-electron chi connectivity index (χ2n) is 6.75. The Hall–Kier alpha value is 0.120. The van der Waals surface area contributed by atoms with Crippen molar-refractivity contribution in [2.75, 3.05) is 50.9 Å². The lowest BCUT2D eigenvalue weighted by Crippen LogP contribution is -3.00. The molecule has 3 heterocycles. The van der Waals surface area contributed by atoms with E-state index in [0.29, 0.717) is 13.1 Å². The maximum Gasteiger partial charge on any atom is 0.161 e. The fraction of sp³-hybridized carbons (Fsp3) is 1.00. The van der Waals surface area contributed by atoms with E-state index in [0.717, 1.165) is 50.0 Å². The number of piperidine rings is 1. The molecule has 0 radical (unpaired) electrons. The number of hydrogen-bond acceptors (Lipinski definition) is 4. The van der Waals surface area contributed by atoms with Gasteiger partial charge in [0.05, 0.1) is 31.1 Å². The summed E-state index contributed by atoms with van der Waals surface area (Å²) in [5, 5.41) is 10.3. The van der Waals surface area contributed by atoms with Crippen molar-refractivity contribution in [2.45, 2.75) is 25.4 Å². The van der Waals surface area contributed by atoms with Crippen LogP contribution < -0.4 is 12.4 Å². The van der Waals surface area contributed by atoms with Crippen LogP contribution in [0.3, 0.4) is 0 Å². The van der Waals surface area contributed by atoms with Gasteiger partial charge in [0.15, 0.2) is 9.84 Å². The molecule has 0 amide bonds. The zero-order valence-corrected chi connectivity index (χ0v) is 13.3. The predicted molar refractivity (Wildman–Crippen MR) is 71.5 cm³/mol. The van der Waals surface area contributed by atoms with E-state index in [-0.39, 0.29) is 35.4 Å². The lowest BCUT2D eigenvalue weighted by atomic mass is 9.72. The Morgan fingerprint density at radius 3 is 2.35 bits per heavy atom. The van der Waals surface area contributed by atoms with Crippen LogP contribution in [-0.4, -0.2) is 75.0 Å². The number of halogens is 1. The van der Waals surface area contributed by atoms with Crippen LogP contribution in [0.5, 0.6) is 0 Å². The maximum absolute atomic E-state index is 11.6. The van der Waals surface area contributed by atoms with E-state index in [1.54, 1.807) is 0 Å². The smallest absolute Gasteiger partial charge is 0.161 e. The van der Waals surface area contributed by atoms with Crippen molar-refractivity contribution in [1.82, 2.24) is 0 Å². The SMILES string of the molecule is O=S1(=O)CC[N+]2(CC1)CC(O)CC1(CCOCC1)C2.[Cl-]. The molecule has 118 valence electrons. The summed E-state index contributed by atoms with van der Waals surface area (Å²) >= 11 is 0. The number of aliphatic hydroxyl groups excluding tert-OH is 1. The van der Waals surface area contributed by atoms with Crippen LogP contribution in [0, 0.1) is 5.41 Å². The number of ether oxygens (including phenoxy) is 1. The highest BCUT2D eigenvalue weighted by Gasteiger charge is 2.50. The van der Waals surface area contributed by atoms with Gasteiger partial charge in [0.25, 0.3) is 0 Å². The van der Waals surface area contributed by atoms with E-state index in [1.165, 1.54) is 0 Å². The fourth-order valence-corrected chi connectivity index (χ4v) is 5.77. The Kier molecular flexibility index (Phi) is 4.72. The minimum Gasteiger partial charge on any atom is -1.00 e. The summed E-state index contributed by atoms with van der Waals surface area (Å²) in [5.41, 5.74) is 0.178. The molecule has 3 aliphatic heterocycles. The first kappa shape index (κ1) is 16.5. The molecule has 2 spiro atoms. The standard InChI is InChI=1S/C13H24NO4S.ClH/c15-12-9-13(1-5-18-6-2-13)11-14(10-12)3-7-19(16,17)8-4-14;/h12,15H,1-11H2;1H/q+1;/p-1. The topological polar surface area (TPSA) is 63.6 Å². The number of hydrogen-bond donors (Lipinski definition) is 1. The van der Waals surface area contributed by atoms with Gasteiger partial charge in [-0.3, -0.25) is 0 Å². The van der Waals surface area contributed by atoms with Crippen LogP contribution in [0.15, 0.2) is 0 Å². The Morgan fingerprint density at radius 2 is 1.75 bits per heavy atom. The Balaban J connectivity index is 0.00000147. The summed E-state index contributed by atoms with van der Waals surface area (Å²) in [6, 6.07) is 0. The third-order valence-corrected chi connectivity index (χ3v) is 6.85. The third-order valence-electron chi connectivity index (χ3n) is 5.24. The normalized spacial score (nSPS) is 34.5. The van der Waals surface area contributed by atoms with Crippen LogP contribution in [-0.2, 0) is 14.6 Å². The summed E-state index contributed by atoms with van der Waals surface area (Å²) in [6.45, 7) is 4.70. The molecular weight excluding hydrogens is 302 g/mol. The van der Waals surface area contributed by atoms with Gasteiger partial charge in [0.1, 0.15) is 12.6 Å². The minimum absolute atomic E-state index is 0. The molecule has 0 saturated carbocycles. The van der Waals surface area contributed by atoms with Gasteiger partial charge < -0.3 is 26.7 Å². The number of aliphatic hydroxyl groups is 1. The first-order chi connectivity index (χ1) is 8.93. The van der Waals surface area contributed by atoms with Crippen molar-refractivity contribution in [2.24, 2.45) is 5.41 Å². The zero-order valence-electron chi connectivity index (χ0n) is 11.8. The van der Waals surface area contributed by atoms with E-state index >= 15 is 0 Å². The molecule has 0 aliphatic carbocycles. The molecule has 3 rings (SSSR count). The molecule has 20 heavy (non-hydrogen) atoms. The minimum atomic E-state index is -2.84. The summed E-state index contributed by atoms with van der Waals surface area (Å²) in [7, 11) is -2.84. The first-order valence-electron chi connectivity index (χ1n) is 7.24. The Morgan fingerprint density at radius 1 is 1.15 bits per heavy atom. The summed E-state index contributed by atoms with van der Waals surface area (Å²) in [5.74, 6) is 0.568. The number of nitrogens with zero attached hydrogens (tertiary/aromatic N) is 1. The van der Waals surface area contributed by atoms with Gasteiger partial charge in [-0.15, -0.1) is 0 Å². The fourth-order valence-electron chi connectivity index (χ4n) is 4.24. The van der Waals surface area contributed by atoms with Gasteiger partial charge in [0.2, 0.25) is 0 Å². The molecule has 1 N–H and O–H groups in total. The van der Waals surface area contributed by atoms with Crippen LogP contribution in [0.4, 0.5) is 0 Å². The monoisotopic (exact) mass is 325 g/mol. The van der Waals surface area contributed by atoms with E-state index in [2.05, 4.69) is 0 Å². The summed E-state index contributed by atoms with van der Waals surface area (Å²) in [4.78, 5) is 0. The molecular formula is C13H24ClNO4S. The average Bonchev–Trinajstić information content (AvgIpc) is 2.34. The van der Waals surface area contributed by atoms with Crippen molar-refractivity contribution in [3.05, 3.63) is 0 Å². The van der Waals surface area contributed by atoms with E-state index in [1.807, 2.05) is 0 Å². The molecule has 7 heteroatoms. The van der Waals surface area contributed by atoms with Crippen molar-refractivity contribution >= 4 is 9.84 Å². The molecule has 0 aromatic carbocycles. The molecule has 0 aromatic heterocycles. The molecule has 5 nitrogen and oxygen atoms in total. The molecule has 0 aromatic rings. The number of quaternary nitrogens is 1. The molecule has 3 saturated heterocycles. The quantitative estimate of drug-likeness (QED) is 0.477. The predicted octanol–water partition coefficient (Wildman–Crippen LogP) is -3.20. The molecule has 1 atom stereocenters. The summed E-state index contributed by atoms with van der Waals surface area (Å²) in [6.07, 6.45) is 2.60. The lowest BCUT2D eigenvalue weighted by molar-refractivity contribution is -0.940. The second-order valence-corrected chi connectivity index (χ2v) is 9.06. The largest absolute Gasteiger partial charge is 1.00 e. The van der Waals surface area contributed by atoms with Crippen LogP contribution in [0.25, 0.3) is 0 Å². The molecule has 3 fully saturated rings. The van der Waals surface area contributed by atoms with Gasteiger partial charge in [0, 0.05) is 18.6 Å². The van der Waals surface area contributed by atoms with Crippen molar-refractivity contribution in [1.29, 1.82) is 0 Å². The number of sulfone groups is 1. The second kappa shape index (κ2) is 5.72. The van der Waals surface area contributed by atoms with Gasteiger partial charge in [-0.25, -0.2) is 8.42 Å². The third kappa shape index (κ3) is 3.30. The highest BCUT2D eigenvalue weighted by atomic mass is 35.5. The van der Waals surface area contributed by atoms with Gasteiger partial charge >= 0.3 is 0 Å². The Bertz CT molecular complexity index is 433. The molecule has 1 unspecified atom stereocenters. The van der Waals surface area contributed by atoms with E-state index in [9.17, 15) is 13.5 Å². The van der Waals surface area contributed by atoms with Crippen molar-refractivity contribution in [3.63, 3.8) is 0 Å². The van der Waals surface area contributed by atoms with Gasteiger partial charge in [-0.05, 0) is 19.3 Å². The van der Waals surface area contributed by atoms with Crippen molar-refractivity contribution < 1.29 is 35.2 Å². The van der Waals surface area contributed by atoms with Gasteiger partial charge in [-0.1, -0.05) is 0 Å². The first-order valence-corrected chi connectivity index (χ1v) is 9.06. The lowest BCUT2D eigenvalue weighted by Gasteiger charge is -2.53. The maximum atomic E-state index is 11.6. The highest BCUT2D eigenvalue weighted by Crippen LogP contribution is 2.42. The molecule has 0 bridgehead atoms. The highest BCUT2D eigenvalue weighted by molar-refractivity contribution is 7.91. The summed E-state index contributed by atoms with van der Waals surface area (Å²) < 4.78 is 29.5. The zero-order chi connectivity index (χ0) is 13.6. The molecule has 3 aliphatic rings. The van der Waals surface area contributed by atoms with E-state index < -0.39 is 9.84 Å². The van der Waals surface area contributed by atoms with Crippen LogP contribution in [0.2, 0.25) is 0 Å².